The fourth-order valence-electron chi connectivity index (χ4n) is 3.66. The van der Waals surface area contributed by atoms with Crippen LogP contribution < -0.4 is 16.8 Å². The summed E-state index contributed by atoms with van der Waals surface area (Å²) in [5, 5.41) is 12.2. The Kier molecular flexibility index (Phi) is 5.42. The van der Waals surface area contributed by atoms with E-state index in [-0.39, 0.29) is 24.1 Å². The van der Waals surface area contributed by atoms with Crippen LogP contribution in [0.4, 0.5) is 0 Å². The third-order valence-electron chi connectivity index (χ3n) is 5.66. The van der Waals surface area contributed by atoms with Gasteiger partial charge in [-0.1, -0.05) is 30.3 Å². The van der Waals surface area contributed by atoms with Crippen LogP contribution in [0.1, 0.15) is 24.8 Å². The summed E-state index contributed by atoms with van der Waals surface area (Å²) in [5.41, 5.74) is 10.2. The molecule has 4 rings (SSSR count). The number of fused-ring (bicyclic) bond motifs is 1. The highest BCUT2D eigenvalue weighted by molar-refractivity contribution is 5.80. The normalized spacial score (nSPS) is 15.5. The van der Waals surface area contributed by atoms with Gasteiger partial charge in [-0.3, -0.25) is 9.36 Å². The van der Waals surface area contributed by atoms with Crippen LogP contribution in [0.2, 0.25) is 0 Å². The molecule has 0 spiro atoms. The van der Waals surface area contributed by atoms with E-state index in [9.17, 15) is 14.9 Å². The lowest BCUT2D eigenvalue weighted by Gasteiger charge is -2.14. The molecule has 3 aromatic rings. The first kappa shape index (κ1) is 19.9. The molecule has 30 heavy (non-hydrogen) atoms. The van der Waals surface area contributed by atoms with Crippen molar-refractivity contribution in [3.63, 3.8) is 0 Å². The topological polar surface area (TPSA) is 114 Å². The van der Waals surface area contributed by atoms with Crippen LogP contribution in [-0.2, 0) is 18.3 Å². The zero-order valence-electron chi connectivity index (χ0n) is 16.8. The molecule has 154 valence electrons. The number of carbonyl (C=O) groups is 1. The molecule has 0 saturated heterocycles. The SMILES string of the molecule is Cn1c(=O)oc2ccc(-c3ccc(C[C@@H](C#N)NC(=O)CC(N)C4CC4)cc3)cc21. The van der Waals surface area contributed by atoms with Gasteiger partial charge in [-0.2, -0.15) is 5.26 Å². The van der Waals surface area contributed by atoms with Gasteiger partial charge >= 0.3 is 5.76 Å². The molecular formula is C23H24N4O3. The number of nitrogens with zero attached hydrogens (tertiary/aromatic N) is 2. The van der Waals surface area contributed by atoms with Crippen molar-refractivity contribution in [1.82, 2.24) is 9.88 Å². The van der Waals surface area contributed by atoms with E-state index in [0.29, 0.717) is 17.9 Å². The van der Waals surface area contributed by atoms with Crippen LogP contribution in [0, 0.1) is 17.2 Å². The Balaban J connectivity index is 1.42. The summed E-state index contributed by atoms with van der Waals surface area (Å²) in [4.78, 5) is 23.8. The third-order valence-corrected chi connectivity index (χ3v) is 5.66. The molecule has 2 aromatic carbocycles. The lowest BCUT2D eigenvalue weighted by atomic mass is 10.0. The number of aryl methyl sites for hydroxylation is 1. The minimum Gasteiger partial charge on any atom is -0.408 e. The molecule has 0 bridgehead atoms. The van der Waals surface area contributed by atoms with Gasteiger partial charge in [0.15, 0.2) is 5.58 Å². The number of aromatic nitrogens is 1. The second kappa shape index (κ2) is 8.17. The van der Waals surface area contributed by atoms with E-state index in [1.807, 2.05) is 36.4 Å². The molecular weight excluding hydrogens is 380 g/mol. The molecule has 1 aliphatic rings. The summed E-state index contributed by atoms with van der Waals surface area (Å²) < 4.78 is 6.65. The summed E-state index contributed by atoms with van der Waals surface area (Å²) in [6.45, 7) is 0. The maximum atomic E-state index is 12.1. The third kappa shape index (κ3) is 4.29. The molecule has 1 fully saturated rings. The zero-order chi connectivity index (χ0) is 21.3. The van der Waals surface area contributed by atoms with E-state index in [0.717, 1.165) is 35.0 Å². The Morgan fingerprint density at radius 1 is 1.27 bits per heavy atom. The van der Waals surface area contributed by atoms with Crippen LogP contribution in [0.3, 0.4) is 0 Å². The van der Waals surface area contributed by atoms with Crippen LogP contribution in [0.5, 0.6) is 0 Å². The predicted octanol–water partition coefficient (Wildman–Crippen LogP) is 2.48. The first-order valence-electron chi connectivity index (χ1n) is 10.1. The first-order chi connectivity index (χ1) is 14.4. The fourth-order valence-corrected chi connectivity index (χ4v) is 3.66. The number of hydrogen-bond donors (Lipinski definition) is 2. The number of amides is 1. The largest absolute Gasteiger partial charge is 0.419 e. The van der Waals surface area contributed by atoms with E-state index >= 15 is 0 Å². The van der Waals surface area contributed by atoms with Crippen molar-refractivity contribution >= 4 is 17.0 Å². The molecule has 3 N–H and O–H groups in total. The van der Waals surface area contributed by atoms with Gasteiger partial charge in [0.25, 0.3) is 0 Å². The molecule has 1 amide bonds. The molecule has 1 aliphatic carbocycles. The quantitative estimate of drug-likeness (QED) is 0.628. The van der Waals surface area contributed by atoms with E-state index in [2.05, 4.69) is 11.4 Å². The minimum atomic E-state index is -0.591. The van der Waals surface area contributed by atoms with E-state index in [1.165, 1.54) is 4.57 Å². The van der Waals surface area contributed by atoms with Gasteiger partial charge in [0.05, 0.1) is 11.6 Å². The Morgan fingerprint density at radius 3 is 2.63 bits per heavy atom. The second-order valence-corrected chi connectivity index (χ2v) is 7.97. The number of nitrogens with two attached hydrogens (primary N) is 1. The smallest absolute Gasteiger partial charge is 0.408 e. The van der Waals surface area contributed by atoms with Crippen molar-refractivity contribution in [1.29, 1.82) is 5.26 Å². The minimum absolute atomic E-state index is 0.115. The monoisotopic (exact) mass is 404 g/mol. The van der Waals surface area contributed by atoms with Crippen molar-refractivity contribution in [2.75, 3.05) is 0 Å². The molecule has 7 heteroatoms. The standard InChI is InChI=1S/C23H24N4O3/c1-27-20-11-17(8-9-21(20)30-23(27)29)15-4-2-14(3-5-15)10-18(13-24)26-22(28)12-19(25)16-6-7-16/h2-5,8-9,11,16,18-19H,6-7,10,12,25H2,1H3,(H,26,28)/t18-,19?/m0/s1. The Hall–Kier alpha value is -3.37. The average Bonchev–Trinajstić information content (AvgIpc) is 3.55. The predicted molar refractivity (Wildman–Crippen MR) is 113 cm³/mol. The summed E-state index contributed by atoms with van der Waals surface area (Å²) in [6, 6.07) is 14.9. The number of rotatable bonds is 7. The van der Waals surface area contributed by atoms with Crippen molar-refractivity contribution in [3.05, 3.63) is 58.6 Å². The van der Waals surface area contributed by atoms with Crippen molar-refractivity contribution in [3.8, 4) is 17.2 Å². The highest BCUT2D eigenvalue weighted by Crippen LogP contribution is 2.32. The number of oxazole rings is 1. The second-order valence-electron chi connectivity index (χ2n) is 7.97. The number of nitrogens with one attached hydrogen (secondary N) is 1. The number of benzene rings is 2. The number of carbonyl (C=O) groups excluding carboxylic acids is 1. The zero-order valence-corrected chi connectivity index (χ0v) is 16.8. The molecule has 1 aromatic heterocycles. The molecule has 7 nitrogen and oxygen atoms in total. The summed E-state index contributed by atoms with van der Waals surface area (Å²) in [6.07, 6.45) is 2.87. The number of hydrogen-bond acceptors (Lipinski definition) is 5. The van der Waals surface area contributed by atoms with Gasteiger partial charge in [0, 0.05) is 25.9 Å². The van der Waals surface area contributed by atoms with Crippen LogP contribution >= 0.6 is 0 Å². The van der Waals surface area contributed by atoms with Gasteiger partial charge in [-0.15, -0.1) is 0 Å². The summed E-state index contributed by atoms with van der Waals surface area (Å²) in [7, 11) is 1.68. The summed E-state index contributed by atoms with van der Waals surface area (Å²) in [5.74, 6) is -0.107. The molecule has 0 radical (unpaired) electrons. The molecule has 1 heterocycles. The van der Waals surface area contributed by atoms with E-state index < -0.39 is 6.04 Å². The molecule has 0 aliphatic heterocycles. The van der Waals surface area contributed by atoms with E-state index in [4.69, 9.17) is 10.2 Å². The fraction of sp³-hybridized carbons (Fsp3) is 0.348. The van der Waals surface area contributed by atoms with Crippen molar-refractivity contribution in [2.45, 2.75) is 37.8 Å². The van der Waals surface area contributed by atoms with Crippen LogP contribution in [-0.4, -0.2) is 22.6 Å². The van der Waals surface area contributed by atoms with Crippen molar-refractivity contribution in [2.24, 2.45) is 18.7 Å². The Morgan fingerprint density at radius 2 is 1.97 bits per heavy atom. The lowest BCUT2D eigenvalue weighted by Crippen LogP contribution is -2.39. The number of nitriles is 1. The molecule has 1 unspecified atom stereocenters. The van der Waals surface area contributed by atoms with Crippen molar-refractivity contribution < 1.29 is 9.21 Å². The summed E-state index contributed by atoms with van der Waals surface area (Å²) >= 11 is 0. The average molecular weight is 404 g/mol. The maximum absolute atomic E-state index is 12.1. The molecule has 1 saturated carbocycles. The van der Waals surface area contributed by atoms with E-state index in [1.54, 1.807) is 13.1 Å². The van der Waals surface area contributed by atoms with Gasteiger partial charge in [-0.05, 0) is 47.6 Å². The Labute approximate surface area is 174 Å². The van der Waals surface area contributed by atoms with Gasteiger partial charge in [0.2, 0.25) is 5.91 Å². The molecule has 2 atom stereocenters. The highest BCUT2D eigenvalue weighted by atomic mass is 16.4. The highest BCUT2D eigenvalue weighted by Gasteiger charge is 2.30. The van der Waals surface area contributed by atoms with Crippen LogP contribution in [0.15, 0.2) is 51.7 Å². The lowest BCUT2D eigenvalue weighted by molar-refractivity contribution is -0.121. The van der Waals surface area contributed by atoms with Gasteiger partial charge in [0.1, 0.15) is 6.04 Å². The first-order valence-corrected chi connectivity index (χ1v) is 10.1. The maximum Gasteiger partial charge on any atom is 0.419 e. The van der Waals surface area contributed by atoms with Gasteiger partial charge < -0.3 is 15.5 Å². The van der Waals surface area contributed by atoms with Crippen LogP contribution in [0.25, 0.3) is 22.2 Å². The van der Waals surface area contributed by atoms with Gasteiger partial charge in [-0.25, -0.2) is 4.79 Å². The Bertz CT molecular complexity index is 1170.